The normalized spacial score (nSPS) is 14.5. The number of piperidine rings is 1. The van der Waals surface area contributed by atoms with Crippen molar-refractivity contribution in [1.29, 1.82) is 0 Å². The van der Waals surface area contributed by atoms with E-state index in [1.54, 1.807) is 24.3 Å². The van der Waals surface area contributed by atoms with Crippen molar-refractivity contribution in [2.24, 2.45) is 5.92 Å². The standard InChI is InChI=1S/C25H27N3O3/c1-17-12-14-28(15-13-17)23-11-8-20-4-3-5-22(25(20)27-23)31-16-24(30)26-21-9-6-19(7-10-21)18(2)29/h3-11,17H,12-16H2,1-2H3,(H,26,30). The Morgan fingerprint density at radius 2 is 1.81 bits per heavy atom. The van der Waals surface area contributed by atoms with Crippen LogP contribution in [0.15, 0.2) is 54.6 Å². The molecule has 1 aliphatic heterocycles. The average molecular weight is 418 g/mol. The molecule has 2 aromatic carbocycles. The number of Topliss-reactive ketones (excluding diaryl/α,β-unsaturated/α-hetero) is 1. The first kappa shape index (κ1) is 20.8. The lowest BCUT2D eigenvalue weighted by Gasteiger charge is -2.31. The van der Waals surface area contributed by atoms with Gasteiger partial charge in [-0.3, -0.25) is 9.59 Å². The van der Waals surface area contributed by atoms with E-state index in [-0.39, 0.29) is 18.3 Å². The van der Waals surface area contributed by atoms with Gasteiger partial charge in [0, 0.05) is 29.7 Å². The van der Waals surface area contributed by atoms with Crippen LogP contribution in [0.25, 0.3) is 10.9 Å². The number of carbonyl (C=O) groups is 2. The number of aromatic nitrogens is 1. The first-order chi connectivity index (χ1) is 15.0. The summed E-state index contributed by atoms with van der Waals surface area (Å²) in [6, 6.07) is 16.6. The van der Waals surface area contributed by atoms with Crippen molar-refractivity contribution in [3.8, 4) is 5.75 Å². The number of fused-ring (bicyclic) bond motifs is 1. The summed E-state index contributed by atoms with van der Waals surface area (Å²) >= 11 is 0. The molecule has 0 unspecified atom stereocenters. The minimum atomic E-state index is -0.270. The molecule has 0 spiro atoms. The highest BCUT2D eigenvalue weighted by molar-refractivity contribution is 5.96. The highest BCUT2D eigenvalue weighted by atomic mass is 16.5. The Kier molecular flexibility index (Phi) is 6.16. The molecule has 0 atom stereocenters. The molecular formula is C25H27N3O3. The maximum atomic E-state index is 12.4. The number of para-hydroxylation sites is 1. The van der Waals surface area contributed by atoms with Gasteiger partial charge in [0.1, 0.15) is 17.1 Å². The summed E-state index contributed by atoms with van der Waals surface area (Å²) in [5.74, 6) is 2.02. The average Bonchev–Trinajstić information content (AvgIpc) is 2.78. The van der Waals surface area contributed by atoms with Crippen LogP contribution < -0.4 is 15.0 Å². The van der Waals surface area contributed by atoms with Crippen molar-refractivity contribution < 1.29 is 14.3 Å². The minimum Gasteiger partial charge on any atom is -0.481 e. The van der Waals surface area contributed by atoms with Gasteiger partial charge in [0.15, 0.2) is 12.4 Å². The van der Waals surface area contributed by atoms with Crippen LogP contribution in [0.5, 0.6) is 5.75 Å². The summed E-state index contributed by atoms with van der Waals surface area (Å²) in [6.07, 6.45) is 2.34. The molecule has 160 valence electrons. The first-order valence-corrected chi connectivity index (χ1v) is 10.7. The van der Waals surface area contributed by atoms with E-state index < -0.39 is 0 Å². The summed E-state index contributed by atoms with van der Waals surface area (Å²) in [4.78, 5) is 30.9. The zero-order valence-electron chi connectivity index (χ0n) is 17.9. The predicted octanol–water partition coefficient (Wildman–Crippen LogP) is 4.69. The molecule has 6 heteroatoms. The summed E-state index contributed by atoms with van der Waals surface area (Å²) < 4.78 is 5.83. The van der Waals surface area contributed by atoms with Gasteiger partial charge in [0.25, 0.3) is 5.91 Å². The maximum absolute atomic E-state index is 12.4. The Morgan fingerprint density at radius 3 is 2.52 bits per heavy atom. The highest BCUT2D eigenvalue weighted by Crippen LogP contribution is 2.28. The fourth-order valence-corrected chi connectivity index (χ4v) is 3.77. The largest absolute Gasteiger partial charge is 0.481 e. The van der Waals surface area contributed by atoms with E-state index in [4.69, 9.17) is 9.72 Å². The number of anilines is 2. The maximum Gasteiger partial charge on any atom is 0.262 e. The van der Waals surface area contributed by atoms with Gasteiger partial charge in [0.2, 0.25) is 0 Å². The minimum absolute atomic E-state index is 0.0110. The SMILES string of the molecule is CC(=O)c1ccc(NC(=O)COc2cccc3ccc(N4CCC(C)CC4)nc23)cc1. The number of carbonyl (C=O) groups excluding carboxylic acids is 2. The van der Waals surface area contributed by atoms with Crippen molar-refractivity contribution in [3.05, 3.63) is 60.2 Å². The van der Waals surface area contributed by atoms with Crippen LogP contribution in [-0.2, 0) is 4.79 Å². The summed E-state index contributed by atoms with van der Waals surface area (Å²) in [6.45, 7) is 5.69. The monoisotopic (exact) mass is 417 g/mol. The van der Waals surface area contributed by atoms with Gasteiger partial charge in [-0.2, -0.15) is 0 Å². The van der Waals surface area contributed by atoms with Crippen molar-refractivity contribution in [3.63, 3.8) is 0 Å². The number of pyridine rings is 1. The van der Waals surface area contributed by atoms with E-state index in [0.29, 0.717) is 17.0 Å². The number of ether oxygens (including phenoxy) is 1. The molecule has 31 heavy (non-hydrogen) atoms. The van der Waals surface area contributed by atoms with Crippen molar-refractivity contribution in [2.75, 3.05) is 29.9 Å². The van der Waals surface area contributed by atoms with Crippen LogP contribution in [0, 0.1) is 5.92 Å². The van der Waals surface area contributed by atoms with E-state index in [1.165, 1.54) is 19.8 Å². The molecule has 2 heterocycles. The Morgan fingerprint density at radius 1 is 1.06 bits per heavy atom. The van der Waals surface area contributed by atoms with Gasteiger partial charge >= 0.3 is 0 Å². The number of hydrogen-bond donors (Lipinski definition) is 1. The van der Waals surface area contributed by atoms with Crippen molar-refractivity contribution in [1.82, 2.24) is 4.98 Å². The molecule has 0 radical (unpaired) electrons. The van der Waals surface area contributed by atoms with Gasteiger partial charge in [-0.15, -0.1) is 0 Å². The fraction of sp³-hybridized carbons (Fsp3) is 0.320. The van der Waals surface area contributed by atoms with Crippen molar-refractivity contribution in [2.45, 2.75) is 26.7 Å². The van der Waals surface area contributed by atoms with Gasteiger partial charge in [-0.1, -0.05) is 19.1 Å². The predicted molar refractivity (Wildman–Crippen MR) is 123 cm³/mol. The molecule has 1 saturated heterocycles. The van der Waals surface area contributed by atoms with Crippen LogP contribution in [0.2, 0.25) is 0 Å². The number of amides is 1. The molecule has 0 saturated carbocycles. The van der Waals surface area contributed by atoms with E-state index in [9.17, 15) is 9.59 Å². The fourth-order valence-electron chi connectivity index (χ4n) is 3.77. The molecule has 0 bridgehead atoms. The van der Waals surface area contributed by atoms with Crippen molar-refractivity contribution >= 4 is 34.1 Å². The first-order valence-electron chi connectivity index (χ1n) is 10.7. The zero-order chi connectivity index (χ0) is 21.8. The van der Waals surface area contributed by atoms with E-state index in [1.807, 2.05) is 18.2 Å². The summed E-state index contributed by atoms with van der Waals surface area (Å²) in [7, 11) is 0. The lowest BCUT2D eigenvalue weighted by molar-refractivity contribution is -0.118. The van der Waals surface area contributed by atoms with Crippen LogP contribution in [-0.4, -0.2) is 36.4 Å². The number of nitrogens with one attached hydrogen (secondary N) is 1. The third-order valence-electron chi connectivity index (χ3n) is 5.71. The Balaban J connectivity index is 1.44. The number of hydrogen-bond acceptors (Lipinski definition) is 5. The van der Waals surface area contributed by atoms with E-state index in [0.717, 1.165) is 35.7 Å². The molecule has 1 N–H and O–H groups in total. The van der Waals surface area contributed by atoms with Gasteiger partial charge in [-0.25, -0.2) is 4.98 Å². The number of nitrogens with zero attached hydrogens (tertiary/aromatic N) is 2. The third kappa shape index (κ3) is 5.02. The summed E-state index contributed by atoms with van der Waals surface area (Å²) in [5, 5.41) is 3.77. The molecule has 1 aromatic heterocycles. The smallest absolute Gasteiger partial charge is 0.262 e. The van der Waals surface area contributed by atoms with E-state index in [2.05, 4.69) is 29.3 Å². The molecular weight excluding hydrogens is 390 g/mol. The zero-order valence-corrected chi connectivity index (χ0v) is 17.9. The molecule has 3 aromatic rings. The molecule has 6 nitrogen and oxygen atoms in total. The second-order valence-electron chi connectivity index (χ2n) is 8.14. The number of ketones is 1. The summed E-state index contributed by atoms with van der Waals surface area (Å²) in [5.41, 5.74) is 1.99. The second kappa shape index (κ2) is 9.16. The van der Waals surface area contributed by atoms with Crippen LogP contribution in [0.3, 0.4) is 0 Å². The second-order valence-corrected chi connectivity index (χ2v) is 8.14. The van der Waals surface area contributed by atoms with Crippen LogP contribution in [0.1, 0.15) is 37.0 Å². The van der Waals surface area contributed by atoms with Crippen LogP contribution >= 0.6 is 0 Å². The number of benzene rings is 2. The van der Waals surface area contributed by atoms with Gasteiger partial charge in [-0.05, 0) is 68.1 Å². The van der Waals surface area contributed by atoms with Gasteiger partial charge < -0.3 is 15.0 Å². The quantitative estimate of drug-likeness (QED) is 0.589. The molecule has 0 aliphatic carbocycles. The topological polar surface area (TPSA) is 71.5 Å². The number of rotatable bonds is 6. The molecule has 1 amide bonds. The van der Waals surface area contributed by atoms with Gasteiger partial charge in [0.05, 0.1) is 0 Å². The van der Waals surface area contributed by atoms with E-state index >= 15 is 0 Å². The highest BCUT2D eigenvalue weighted by Gasteiger charge is 2.18. The lowest BCUT2D eigenvalue weighted by atomic mass is 9.99. The third-order valence-corrected chi connectivity index (χ3v) is 5.71. The lowest BCUT2D eigenvalue weighted by Crippen LogP contribution is -2.33. The molecule has 1 fully saturated rings. The Bertz CT molecular complexity index is 1090. The Hall–Kier alpha value is -3.41. The molecule has 1 aliphatic rings. The van der Waals surface area contributed by atoms with Crippen LogP contribution in [0.4, 0.5) is 11.5 Å². The Labute approximate surface area is 182 Å². The molecule has 4 rings (SSSR count).